The maximum atomic E-state index is 16.5. The molecule has 0 amide bonds. The Morgan fingerprint density at radius 3 is 2.70 bits per heavy atom. The number of anilines is 2. The number of aliphatic imine (C=N–C) groups is 1. The van der Waals surface area contributed by atoms with Crippen LogP contribution in [0.3, 0.4) is 0 Å². The lowest BCUT2D eigenvalue weighted by atomic mass is 9.80. The number of hydrogen-bond donors (Lipinski definition) is 1. The number of hydrogen-bond acceptors (Lipinski definition) is 7. The van der Waals surface area contributed by atoms with Crippen molar-refractivity contribution in [3.8, 4) is 17.2 Å². The fourth-order valence-electron chi connectivity index (χ4n) is 8.29. The summed E-state index contributed by atoms with van der Waals surface area (Å²) in [6, 6.07) is 5.44. The lowest BCUT2D eigenvalue weighted by molar-refractivity contribution is 0.292. The zero-order valence-electron chi connectivity index (χ0n) is 26.5. The average molecular weight is 679 g/mol. The van der Waals surface area contributed by atoms with Gasteiger partial charge in [-0.15, -0.1) is 11.3 Å². The van der Waals surface area contributed by atoms with Gasteiger partial charge in [-0.1, -0.05) is 37.7 Å². The zero-order valence-corrected chi connectivity index (χ0v) is 28.0. The number of alkyl halides is 1. The fraction of sp³-hybridized carbons (Fsp3) is 0.444. The summed E-state index contributed by atoms with van der Waals surface area (Å²) in [5.41, 5.74) is 9.86. The Balaban J connectivity index is 0.000000334. The largest absolute Gasteiger partial charge is 0.389 e. The predicted octanol–water partition coefficient (Wildman–Crippen LogP) is 8.60. The number of thiophene rings is 1. The van der Waals surface area contributed by atoms with Crippen LogP contribution in [0.15, 0.2) is 42.2 Å². The molecule has 6 nitrogen and oxygen atoms in total. The van der Waals surface area contributed by atoms with E-state index in [1.807, 2.05) is 13.1 Å². The Kier molecular flexibility index (Phi) is 8.52. The second kappa shape index (κ2) is 12.5. The second-order valence-corrected chi connectivity index (χ2v) is 14.6. The van der Waals surface area contributed by atoms with Gasteiger partial charge < -0.3 is 15.5 Å². The van der Waals surface area contributed by atoms with Crippen molar-refractivity contribution in [2.45, 2.75) is 57.7 Å². The summed E-state index contributed by atoms with van der Waals surface area (Å²) >= 11 is 8.08. The molecule has 246 valence electrons. The van der Waals surface area contributed by atoms with Gasteiger partial charge in [0.2, 0.25) is 0 Å². The Morgan fingerprint density at radius 1 is 1.19 bits per heavy atom. The molecule has 5 aliphatic heterocycles. The summed E-state index contributed by atoms with van der Waals surface area (Å²) in [4.78, 5) is 11.3. The van der Waals surface area contributed by atoms with E-state index in [0.29, 0.717) is 49.1 Å². The number of benzene rings is 2. The number of nitrogens with two attached hydrogens (primary N) is 1. The molecule has 47 heavy (non-hydrogen) atoms. The molecule has 4 atom stereocenters. The van der Waals surface area contributed by atoms with Crippen molar-refractivity contribution in [2.24, 2.45) is 16.8 Å². The quantitative estimate of drug-likeness (QED) is 0.299. The summed E-state index contributed by atoms with van der Waals surface area (Å²) in [6.07, 6.45) is 6.99. The van der Waals surface area contributed by atoms with Crippen LogP contribution in [-0.4, -0.2) is 60.4 Å². The smallest absolute Gasteiger partial charge is 0.160 e. The van der Waals surface area contributed by atoms with Gasteiger partial charge in [0.1, 0.15) is 28.7 Å². The molecule has 4 unspecified atom stereocenters. The first-order chi connectivity index (χ1) is 22.6. The second-order valence-electron chi connectivity index (χ2n) is 13.2. The molecule has 0 spiro atoms. The van der Waals surface area contributed by atoms with Crippen LogP contribution in [-0.2, 0) is 6.42 Å². The van der Waals surface area contributed by atoms with Gasteiger partial charge in [0, 0.05) is 43.2 Å². The van der Waals surface area contributed by atoms with Crippen LogP contribution in [0.4, 0.5) is 29.5 Å². The number of nitrogens with zero attached hydrogens (tertiary/aromatic N) is 5. The average Bonchev–Trinajstić information content (AvgIpc) is 3.85. The van der Waals surface area contributed by atoms with Crippen molar-refractivity contribution in [3.63, 3.8) is 0 Å². The third-order valence-electron chi connectivity index (χ3n) is 10.7. The molecule has 6 heterocycles. The van der Waals surface area contributed by atoms with E-state index in [9.17, 15) is 14.0 Å². The number of allylic oxidation sites excluding steroid dienone is 1. The fourth-order valence-corrected chi connectivity index (χ4v) is 9.59. The predicted molar refractivity (Wildman–Crippen MR) is 186 cm³/mol. The summed E-state index contributed by atoms with van der Waals surface area (Å²) < 4.78 is 44.1. The third-order valence-corrected chi connectivity index (χ3v) is 12.1. The summed E-state index contributed by atoms with van der Waals surface area (Å²) in [5.74, 6) is -0.412. The maximum absolute atomic E-state index is 16.5. The molecular formula is C36H38ClF3N6S. The summed E-state index contributed by atoms with van der Waals surface area (Å²) in [5, 5.41) is 10.5. The molecular weight excluding hydrogens is 641 g/mol. The van der Waals surface area contributed by atoms with Gasteiger partial charge in [-0.05, 0) is 80.3 Å². The molecule has 3 saturated heterocycles. The van der Waals surface area contributed by atoms with Crippen LogP contribution in [0.5, 0.6) is 0 Å². The highest BCUT2D eigenvalue weighted by Gasteiger charge is 2.41. The SMILES string of the molecule is C=CN1CCC(C2Cc3c(Cl)c(-c4ccc(F)c5sc(N)c(C#N)c45)c(F)c4c3N(C2)C(=C)C(CC)=N4)C1.FC1CC2CCCN2C1. The molecule has 0 aliphatic carbocycles. The van der Waals surface area contributed by atoms with Crippen LogP contribution in [0.25, 0.3) is 21.2 Å². The van der Waals surface area contributed by atoms with Gasteiger partial charge in [-0.25, -0.2) is 18.2 Å². The van der Waals surface area contributed by atoms with Gasteiger partial charge in [-0.2, -0.15) is 5.26 Å². The van der Waals surface area contributed by atoms with Crippen molar-refractivity contribution in [1.82, 2.24) is 9.80 Å². The number of likely N-dealkylation sites (tertiary alicyclic amines) is 1. The number of rotatable bonds is 4. The first kappa shape index (κ1) is 32.0. The van der Waals surface area contributed by atoms with Crippen LogP contribution in [0.1, 0.15) is 50.2 Å². The van der Waals surface area contributed by atoms with E-state index >= 15 is 4.39 Å². The maximum Gasteiger partial charge on any atom is 0.160 e. The van der Waals surface area contributed by atoms with E-state index in [1.165, 1.54) is 25.0 Å². The van der Waals surface area contributed by atoms with E-state index in [1.54, 1.807) is 0 Å². The van der Waals surface area contributed by atoms with Gasteiger partial charge in [0.15, 0.2) is 5.82 Å². The van der Waals surface area contributed by atoms with Crippen molar-refractivity contribution < 1.29 is 13.2 Å². The van der Waals surface area contributed by atoms with Crippen LogP contribution in [0, 0.1) is 34.8 Å². The van der Waals surface area contributed by atoms with Crippen LogP contribution in [0.2, 0.25) is 5.02 Å². The molecule has 1 aromatic heterocycles. The van der Waals surface area contributed by atoms with Gasteiger partial charge >= 0.3 is 0 Å². The number of fused-ring (bicyclic) bond motifs is 2. The van der Waals surface area contributed by atoms with Crippen molar-refractivity contribution >= 4 is 55.1 Å². The minimum absolute atomic E-state index is 0.127. The molecule has 2 N–H and O–H groups in total. The molecule has 5 aliphatic rings. The lowest BCUT2D eigenvalue weighted by Crippen LogP contribution is -2.42. The Hall–Kier alpha value is -3.52. The third kappa shape index (κ3) is 5.31. The van der Waals surface area contributed by atoms with E-state index in [-0.39, 0.29) is 42.8 Å². The highest BCUT2D eigenvalue weighted by molar-refractivity contribution is 7.23. The Labute approximate surface area is 282 Å². The number of halogens is 4. The van der Waals surface area contributed by atoms with Gasteiger partial charge in [0.25, 0.3) is 0 Å². The van der Waals surface area contributed by atoms with E-state index in [2.05, 4.69) is 33.9 Å². The van der Waals surface area contributed by atoms with Crippen molar-refractivity contribution in [3.05, 3.63) is 65.0 Å². The van der Waals surface area contributed by atoms with Crippen molar-refractivity contribution in [1.29, 1.82) is 5.26 Å². The minimum atomic E-state index is -0.587. The van der Waals surface area contributed by atoms with Gasteiger partial charge in [-0.3, -0.25) is 4.90 Å². The lowest BCUT2D eigenvalue weighted by Gasteiger charge is -2.43. The van der Waals surface area contributed by atoms with E-state index < -0.39 is 17.8 Å². The molecule has 0 radical (unpaired) electrons. The molecule has 2 aromatic carbocycles. The molecule has 0 bridgehead atoms. The summed E-state index contributed by atoms with van der Waals surface area (Å²) in [7, 11) is 0. The van der Waals surface area contributed by atoms with Gasteiger partial charge in [0.05, 0.1) is 32.4 Å². The number of nitriles is 1. The number of nitrogen functional groups attached to an aromatic ring is 1. The van der Waals surface area contributed by atoms with E-state index in [4.69, 9.17) is 22.3 Å². The van der Waals surface area contributed by atoms with Crippen LogP contribution >= 0.6 is 22.9 Å². The van der Waals surface area contributed by atoms with Crippen LogP contribution < -0.4 is 10.6 Å². The first-order valence-electron chi connectivity index (χ1n) is 16.4. The monoisotopic (exact) mass is 678 g/mol. The Bertz CT molecular complexity index is 1850. The zero-order chi connectivity index (χ0) is 33.1. The topological polar surface area (TPSA) is 71.9 Å². The highest BCUT2D eigenvalue weighted by Crippen LogP contribution is 2.54. The van der Waals surface area contributed by atoms with E-state index in [0.717, 1.165) is 60.8 Å². The molecule has 0 saturated carbocycles. The molecule has 3 fully saturated rings. The first-order valence-corrected chi connectivity index (χ1v) is 17.6. The molecule has 3 aromatic rings. The Morgan fingerprint density at radius 2 is 2.00 bits per heavy atom. The van der Waals surface area contributed by atoms with Crippen molar-refractivity contribution in [2.75, 3.05) is 43.4 Å². The molecule has 8 rings (SSSR count). The minimum Gasteiger partial charge on any atom is -0.389 e. The summed E-state index contributed by atoms with van der Waals surface area (Å²) in [6.45, 7) is 14.6. The standard InChI is InChI=1S/C29H26ClF2N5S.C7H12FN/c1-4-21-14(3)37-13-16(15-8-9-36(5-2)12-15)10-18-24(30)23(25(32)26(35-21)27(18)37)17-6-7-20(31)28-22(17)19(11-33)29(34)38-28;8-6-4-7-2-1-3-9(7)5-6/h5-7,15-16H,2-4,8-10,12-13,34H2,1H3;6-7H,1-5H2. The highest BCUT2D eigenvalue weighted by atomic mass is 35.5. The normalized spacial score (nSPS) is 24.9. The molecule has 11 heteroatoms.